The van der Waals surface area contributed by atoms with Crippen molar-refractivity contribution >= 4 is 5.97 Å². The third-order valence-electron chi connectivity index (χ3n) is 3.52. The Hall–Kier alpha value is -1.81. The number of cyclic esters (lactones) is 1. The summed E-state index contributed by atoms with van der Waals surface area (Å²) in [4.78, 5) is 11.6. The largest absolute Gasteiger partial charge is 0.501 e. The molecule has 1 heterocycles. The minimum Gasteiger partial charge on any atom is -0.501 e. The molecule has 0 aromatic heterocycles. The Morgan fingerprint density at radius 2 is 2.00 bits per heavy atom. The molecule has 2 rings (SSSR count). The monoisotopic (exact) mass is 290 g/mol. The zero-order valence-electron chi connectivity index (χ0n) is 12.7. The zero-order chi connectivity index (χ0) is 15.2. The standard InChI is InChI=1S/C17H22O4/c1-12(2)17(20-11-13-7-5-4-6-8-13)15-9-14(19-3)10-16(18)21-15/h4-8,10,12,15,17H,9,11H2,1-3H3/t15-,17-/m0/s1. The summed E-state index contributed by atoms with van der Waals surface area (Å²) in [5.41, 5.74) is 1.10. The first-order chi connectivity index (χ1) is 10.1. The van der Waals surface area contributed by atoms with Crippen molar-refractivity contribution in [2.24, 2.45) is 5.92 Å². The highest BCUT2D eigenvalue weighted by Crippen LogP contribution is 2.25. The lowest BCUT2D eigenvalue weighted by atomic mass is 9.97. The van der Waals surface area contributed by atoms with Crippen LogP contribution in [0.4, 0.5) is 0 Å². The molecule has 4 nitrogen and oxygen atoms in total. The van der Waals surface area contributed by atoms with E-state index in [1.54, 1.807) is 7.11 Å². The van der Waals surface area contributed by atoms with Gasteiger partial charge in [0, 0.05) is 6.42 Å². The van der Waals surface area contributed by atoms with E-state index in [0.717, 1.165) is 5.56 Å². The molecule has 0 saturated heterocycles. The van der Waals surface area contributed by atoms with Crippen LogP contribution in [0.25, 0.3) is 0 Å². The average Bonchev–Trinajstić information content (AvgIpc) is 2.47. The van der Waals surface area contributed by atoms with Crippen LogP contribution in [0.3, 0.4) is 0 Å². The molecule has 0 fully saturated rings. The molecule has 0 bridgehead atoms. The van der Waals surface area contributed by atoms with Crippen molar-refractivity contribution in [3.05, 3.63) is 47.7 Å². The number of methoxy groups -OCH3 is 1. The van der Waals surface area contributed by atoms with Crippen molar-refractivity contribution in [1.82, 2.24) is 0 Å². The second-order valence-corrected chi connectivity index (χ2v) is 5.50. The molecule has 0 aliphatic carbocycles. The summed E-state index contributed by atoms with van der Waals surface area (Å²) >= 11 is 0. The summed E-state index contributed by atoms with van der Waals surface area (Å²) in [5.74, 6) is 0.519. The van der Waals surface area contributed by atoms with E-state index in [0.29, 0.717) is 18.8 Å². The molecule has 114 valence electrons. The van der Waals surface area contributed by atoms with E-state index in [2.05, 4.69) is 13.8 Å². The second-order valence-electron chi connectivity index (χ2n) is 5.50. The average molecular weight is 290 g/mol. The van der Waals surface area contributed by atoms with Crippen molar-refractivity contribution in [2.45, 2.75) is 39.1 Å². The summed E-state index contributed by atoms with van der Waals surface area (Å²) in [6.07, 6.45) is 1.49. The van der Waals surface area contributed by atoms with Crippen LogP contribution in [0.2, 0.25) is 0 Å². The van der Waals surface area contributed by atoms with Crippen molar-refractivity contribution in [2.75, 3.05) is 7.11 Å². The Balaban J connectivity index is 2.02. The molecule has 0 amide bonds. The van der Waals surface area contributed by atoms with Gasteiger partial charge < -0.3 is 14.2 Å². The third kappa shape index (κ3) is 4.33. The highest BCUT2D eigenvalue weighted by atomic mass is 16.6. The number of carbonyl (C=O) groups excluding carboxylic acids is 1. The summed E-state index contributed by atoms with van der Waals surface area (Å²) in [5, 5.41) is 0. The molecular formula is C17H22O4. The van der Waals surface area contributed by atoms with Gasteiger partial charge in [-0.3, -0.25) is 0 Å². The topological polar surface area (TPSA) is 44.8 Å². The second kappa shape index (κ2) is 7.27. The molecule has 21 heavy (non-hydrogen) atoms. The van der Waals surface area contributed by atoms with E-state index in [4.69, 9.17) is 14.2 Å². The van der Waals surface area contributed by atoms with E-state index in [1.807, 2.05) is 30.3 Å². The highest BCUT2D eigenvalue weighted by molar-refractivity contribution is 5.83. The fourth-order valence-electron chi connectivity index (χ4n) is 2.43. The predicted octanol–water partition coefficient (Wildman–Crippen LogP) is 3.07. The molecular weight excluding hydrogens is 268 g/mol. The van der Waals surface area contributed by atoms with Crippen LogP contribution in [-0.2, 0) is 25.6 Å². The van der Waals surface area contributed by atoms with Gasteiger partial charge in [0.2, 0.25) is 0 Å². The quantitative estimate of drug-likeness (QED) is 0.755. The zero-order valence-corrected chi connectivity index (χ0v) is 12.7. The smallest absolute Gasteiger partial charge is 0.334 e. The number of benzene rings is 1. The normalized spacial score (nSPS) is 19.9. The van der Waals surface area contributed by atoms with Gasteiger partial charge in [0.25, 0.3) is 0 Å². The van der Waals surface area contributed by atoms with Gasteiger partial charge in [-0.25, -0.2) is 4.79 Å². The Kier molecular flexibility index (Phi) is 5.39. The van der Waals surface area contributed by atoms with Crippen LogP contribution < -0.4 is 0 Å². The minimum atomic E-state index is -0.364. The maximum Gasteiger partial charge on any atom is 0.334 e. The summed E-state index contributed by atoms with van der Waals surface area (Å²) in [6.45, 7) is 4.63. The Morgan fingerprint density at radius 3 is 2.62 bits per heavy atom. The first-order valence-electron chi connectivity index (χ1n) is 7.21. The van der Waals surface area contributed by atoms with Crippen LogP contribution in [0.1, 0.15) is 25.8 Å². The fourth-order valence-corrected chi connectivity index (χ4v) is 2.43. The van der Waals surface area contributed by atoms with Gasteiger partial charge in [-0.05, 0) is 11.5 Å². The number of hydrogen-bond acceptors (Lipinski definition) is 4. The van der Waals surface area contributed by atoms with Gasteiger partial charge in [-0.1, -0.05) is 44.2 Å². The van der Waals surface area contributed by atoms with Crippen LogP contribution in [0, 0.1) is 5.92 Å². The first kappa shape index (κ1) is 15.6. The Labute approximate surface area is 125 Å². The number of esters is 1. The maximum absolute atomic E-state index is 11.6. The van der Waals surface area contributed by atoms with Crippen LogP contribution in [0.5, 0.6) is 0 Å². The molecule has 0 spiro atoms. The van der Waals surface area contributed by atoms with Crippen LogP contribution in [-0.4, -0.2) is 25.3 Å². The third-order valence-corrected chi connectivity index (χ3v) is 3.52. The molecule has 0 unspecified atom stereocenters. The van der Waals surface area contributed by atoms with E-state index >= 15 is 0 Å². The maximum atomic E-state index is 11.6. The molecule has 1 aromatic carbocycles. The van der Waals surface area contributed by atoms with Crippen LogP contribution in [0.15, 0.2) is 42.2 Å². The van der Waals surface area contributed by atoms with E-state index in [9.17, 15) is 4.79 Å². The Bertz CT molecular complexity index is 493. The summed E-state index contributed by atoms with van der Waals surface area (Å²) < 4.78 is 16.6. The SMILES string of the molecule is COC1=CC(=O)O[C@H]([C@@H](OCc2ccccc2)C(C)C)C1. The van der Waals surface area contributed by atoms with Gasteiger partial charge >= 0.3 is 5.97 Å². The van der Waals surface area contributed by atoms with Crippen molar-refractivity contribution < 1.29 is 19.0 Å². The number of hydrogen-bond donors (Lipinski definition) is 0. The summed E-state index contributed by atoms with van der Waals surface area (Å²) in [6, 6.07) is 9.97. The lowest BCUT2D eigenvalue weighted by molar-refractivity contribution is -0.159. The van der Waals surface area contributed by atoms with Gasteiger partial charge in [-0.15, -0.1) is 0 Å². The molecule has 1 aliphatic rings. The van der Waals surface area contributed by atoms with E-state index < -0.39 is 0 Å². The van der Waals surface area contributed by atoms with Gasteiger partial charge in [0.15, 0.2) is 0 Å². The molecule has 1 aromatic rings. The Morgan fingerprint density at radius 1 is 1.29 bits per heavy atom. The number of rotatable bonds is 6. The van der Waals surface area contributed by atoms with Gasteiger partial charge in [-0.2, -0.15) is 0 Å². The molecule has 0 saturated carbocycles. The number of carbonyl (C=O) groups is 1. The first-order valence-corrected chi connectivity index (χ1v) is 7.21. The lowest BCUT2D eigenvalue weighted by Gasteiger charge is -2.32. The predicted molar refractivity (Wildman–Crippen MR) is 79.4 cm³/mol. The molecule has 4 heteroatoms. The summed E-state index contributed by atoms with van der Waals surface area (Å²) in [7, 11) is 1.57. The van der Waals surface area contributed by atoms with Gasteiger partial charge in [0.1, 0.15) is 11.9 Å². The highest BCUT2D eigenvalue weighted by Gasteiger charge is 2.32. The van der Waals surface area contributed by atoms with Crippen molar-refractivity contribution in [3.63, 3.8) is 0 Å². The molecule has 0 N–H and O–H groups in total. The molecule has 0 radical (unpaired) electrons. The minimum absolute atomic E-state index is 0.159. The van der Waals surface area contributed by atoms with E-state index in [1.165, 1.54) is 6.08 Å². The number of ether oxygens (including phenoxy) is 3. The van der Waals surface area contributed by atoms with Crippen molar-refractivity contribution in [1.29, 1.82) is 0 Å². The molecule has 2 atom stereocenters. The van der Waals surface area contributed by atoms with Crippen molar-refractivity contribution in [3.8, 4) is 0 Å². The fraction of sp³-hybridized carbons (Fsp3) is 0.471. The van der Waals surface area contributed by atoms with E-state index in [-0.39, 0.29) is 24.1 Å². The lowest BCUT2D eigenvalue weighted by Crippen LogP contribution is -2.39. The molecule has 1 aliphatic heterocycles. The van der Waals surface area contributed by atoms with Gasteiger partial charge in [0.05, 0.1) is 25.9 Å². The van der Waals surface area contributed by atoms with Crippen LogP contribution >= 0.6 is 0 Å².